The van der Waals surface area contributed by atoms with E-state index in [1.165, 1.54) is 17.9 Å². The molecule has 29 heavy (non-hydrogen) atoms. The second-order valence-electron chi connectivity index (χ2n) is 7.78. The van der Waals surface area contributed by atoms with Crippen molar-refractivity contribution >= 4 is 22.5 Å². The smallest absolute Gasteiger partial charge is 0.221 e. The first-order chi connectivity index (χ1) is 14.2. The number of para-hydroxylation sites is 1. The van der Waals surface area contributed by atoms with E-state index in [1.807, 2.05) is 18.2 Å². The summed E-state index contributed by atoms with van der Waals surface area (Å²) in [7, 11) is 0. The highest BCUT2D eigenvalue weighted by molar-refractivity contribution is 5.88. The molecule has 0 aliphatic carbocycles. The molecule has 1 aliphatic rings. The van der Waals surface area contributed by atoms with Gasteiger partial charge in [0.2, 0.25) is 5.91 Å². The SMILES string of the molecule is CC(=O)Nc1ccc(CN2CCCN(Cc3ccc4ccccc4n3)CC2)cc1. The van der Waals surface area contributed by atoms with Crippen LogP contribution in [0.25, 0.3) is 10.9 Å². The molecule has 150 valence electrons. The number of anilines is 1. The van der Waals surface area contributed by atoms with Gasteiger partial charge in [-0.2, -0.15) is 0 Å². The van der Waals surface area contributed by atoms with E-state index >= 15 is 0 Å². The highest BCUT2D eigenvalue weighted by Crippen LogP contribution is 2.16. The summed E-state index contributed by atoms with van der Waals surface area (Å²) in [6.45, 7) is 7.71. The molecule has 0 radical (unpaired) electrons. The molecule has 2 aromatic carbocycles. The van der Waals surface area contributed by atoms with Gasteiger partial charge in [-0.25, -0.2) is 0 Å². The minimum absolute atomic E-state index is 0.0359. The lowest BCUT2D eigenvalue weighted by Gasteiger charge is -2.22. The molecule has 0 bridgehead atoms. The van der Waals surface area contributed by atoms with E-state index in [1.54, 1.807) is 0 Å². The Labute approximate surface area is 172 Å². The minimum atomic E-state index is -0.0359. The average molecular weight is 389 g/mol. The molecule has 4 rings (SSSR count). The fraction of sp³-hybridized carbons (Fsp3) is 0.333. The van der Waals surface area contributed by atoms with Crippen LogP contribution >= 0.6 is 0 Å². The normalized spacial score (nSPS) is 15.9. The molecule has 1 aliphatic heterocycles. The van der Waals surface area contributed by atoms with Gasteiger partial charge in [0, 0.05) is 44.2 Å². The fourth-order valence-electron chi connectivity index (χ4n) is 3.92. The standard InChI is InChI=1S/C24H28N4O/c1-19(29)25-22-10-7-20(8-11-22)17-27-13-4-14-28(16-15-27)18-23-12-9-21-5-2-3-6-24(21)26-23/h2-3,5-12H,4,13-18H2,1H3,(H,25,29). The number of carbonyl (C=O) groups is 1. The summed E-state index contributed by atoms with van der Waals surface area (Å²) < 4.78 is 0. The Kier molecular flexibility index (Phi) is 6.17. The molecule has 0 saturated carbocycles. The summed E-state index contributed by atoms with van der Waals surface area (Å²) in [6.07, 6.45) is 1.16. The zero-order chi connectivity index (χ0) is 20.1. The van der Waals surface area contributed by atoms with Gasteiger partial charge >= 0.3 is 0 Å². The number of nitrogens with zero attached hydrogens (tertiary/aromatic N) is 3. The first kappa shape index (κ1) is 19.6. The number of amides is 1. The van der Waals surface area contributed by atoms with Gasteiger partial charge in [-0.05, 0) is 49.3 Å². The summed E-state index contributed by atoms with van der Waals surface area (Å²) >= 11 is 0. The molecule has 1 aromatic heterocycles. The zero-order valence-corrected chi connectivity index (χ0v) is 17.0. The maximum absolute atomic E-state index is 11.2. The number of nitrogens with one attached hydrogen (secondary N) is 1. The fourth-order valence-corrected chi connectivity index (χ4v) is 3.92. The highest BCUT2D eigenvalue weighted by Gasteiger charge is 2.16. The van der Waals surface area contributed by atoms with Crippen molar-refractivity contribution in [3.8, 4) is 0 Å². The van der Waals surface area contributed by atoms with Gasteiger partial charge in [-0.1, -0.05) is 36.4 Å². The quantitative estimate of drug-likeness (QED) is 0.720. The number of benzene rings is 2. The van der Waals surface area contributed by atoms with Gasteiger partial charge in [0.1, 0.15) is 0 Å². The zero-order valence-electron chi connectivity index (χ0n) is 17.0. The summed E-state index contributed by atoms with van der Waals surface area (Å²) in [5, 5.41) is 4.02. The van der Waals surface area contributed by atoms with E-state index in [0.29, 0.717) is 0 Å². The van der Waals surface area contributed by atoms with Crippen LogP contribution in [-0.2, 0) is 17.9 Å². The van der Waals surface area contributed by atoms with Crippen molar-refractivity contribution in [3.63, 3.8) is 0 Å². The van der Waals surface area contributed by atoms with Crippen molar-refractivity contribution in [3.05, 3.63) is 71.9 Å². The van der Waals surface area contributed by atoms with E-state index in [4.69, 9.17) is 4.98 Å². The van der Waals surface area contributed by atoms with Crippen LogP contribution in [0.3, 0.4) is 0 Å². The summed E-state index contributed by atoms with van der Waals surface area (Å²) in [6, 6.07) is 20.8. The predicted octanol–water partition coefficient (Wildman–Crippen LogP) is 3.90. The molecular formula is C24H28N4O. The Bertz CT molecular complexity index is 970. The second-order valence-corrected chi connectivity index (χ2v) is 7.78. The number of hydrogen-bond acceptors (Lipinski definition) is 4. The molecule has 0 spiro atoms. The van der Waals surface area contributed by atoms with Crippen LogP contribution in [-0.4, -0.2) is 46.9 Å². The lowest BCUT2D eigenvalue weighted by Crippen LogP contribution is -2.30. The molecule has 0 atom stereocenters. The van der Waals surface area contributed by atoms with Gasteiger partial charge in [-0.15, -0.1) is 0 Å². The Morgan fingerprint density at radius 3 is 2.38 bits per heavy atom. The third kappa shape index (κ3) is 5.40. The highest BCUT2D eigenvalue weighted by atomic mass is 16.1. The van der Waals surface area contributed by atoms with Gasteiger partial charge in [0.15, 0.2) is 0 Å². The third-order valence-electron chi connectivity index (χ3n) is 5.40. The van der Waals surface area contributed by atoms with E-state index in [9.17, 15) is 4.79 Å². The summed E-state index contributed by atoms with van der Waals surface area (Å²) in [5.74, 6) is -0.0359. The Morgan fingerprint density at radius 2 is 1.62 bits per heavy atom. The largest absolute Gasteiger partial charge is 0.326 e. The van der Waals surface area contributed by atoms with Crippen molar-refractivity contribution in [1.82, 2.24) is 14.8 Å². The molecule has 5 nitrogen and oxygen atoms in total. The van der Waals surface area contributed by atoms with Gasteiger partial charge in [-0.3, -0.25) is 19.6 Å². The topological polar surface area (TPSA) is 48.5 Å². The van der Waals surface area contributed by atoms with Crippen molar-refractivity contribution in [1.29, 1.82) is 0 Å². The first-order valence-electron chi connectivity index (χ1n) is 10.3. The number of carbonyl (C=O) groups excluding carboxylic acids is 1. The van der Waals surface area contributed by atoms with E-state index in [-0.39, 0.29) is 5.91 Å². The lowest BCUT2D eigenvalue weighted by molar-refractivity contribution is -0.114. The van der Waals surface area contributed by atoms with E-state index in [2.05, 4.69) is 57.6 Å². The van der Waals surface area contributed by atoms with Gasteiger partial charge in [0.25, 0.3) is 0 Å². The first-order valence-corrected chi connectivity index (χ1v) is 10.3. The number of rotatable bonds is 5. The number of aromatic nitrogens is 1. The van der Waals surface area contributed by atoms with Crippen LogP contribution in [0.5, 0.6) is 0 Å². The molecule has 5 heteroatoms. The molecule has 1 fully saturated rings. The van der Waals surface area contributed by atoms with Crippen molar-refractivity contribution < 1.29 is 4.79 Å². The van der Waals surface area contributed by atoms with Crippen molar-refractivity contribution in [2.24, 2.45) is 0 Å². The summed E-state index contributed by atoms with van der Waals surface area (Å²) in [5.41, 5.74) is 4.35. The van der Waals surface area contributed by atoms with Crippen LogP contribution in [0, 0.1) is 0 Å². The lowest BCUT2D eigenvalue weighted by atomic mass is 10.2. The van der Waals surface area contributed by atoms with Crippen LogP contribution in [0.15, 0.2) is 60.7 Å². The van der Waals surface area contributed by atoms with Crippen molar-refractivity contribution in [2.45, 2.75) is 26.4 Å². The van der Waals surface area contributed by atoms with Crippen LogP contribution < -0.4 is 5.32 Å². The maximum atomic E-state index is 11.2. The van der Waals surface area contributed by atoms with Gasteiger partial charge in [0.05, 0.1) is 11.2 Å². The molecule has 1 saturated heterocycles. The number of fused-ring (bicyclic) bond motifs is 1. The third-order valence-corrected chi connectivity index (χ3v) is 5.40. The summed E-state index contributed by atoms with van der Waals surface area (Å²) in [4.78, 5) is 21.0. The minimum Gasteiger partial charge on any atom is -0.326 e. The number of pyridine rings is 1. The molecule has 2 heterocycles. The maximum Gasteiger partial charge on any atom is 0.221 e. The van der Waals surface area contributed by atoms with Crippen LogP contribution in [0.4, 0.5) is 5.69 Å². The Balaban J connectivity index is 1.32. The Hall–Kier alpha value is -2.76. The average Bonchev–Trinajstić information content (AvgIpc) is 2.94. The predicted molar refractivity (Wildman–Crippen MR) is 118 cm³/mol. The van der Waals surface area contributed by atoms with E-state index in [0.717, 1.165) is 62.6 Å². The Morgan fingerprint density at radius 1 is 0.897 bits per heavy atom. The van der Waals surface area contributed by atoms with E-state index < -0.39 is 0 Å². The van der Waals surface area contributed by atoms with Crippen molar-refractivity contribution in [2.75, 3.05) is 31.5 Å². The van der Waals surface area contributed by atoms with Gasteiger partial charge < -0.3 is 5.32 Å². The molecule has 0 unspecified atom stereocenters. The molecule has 3 aromatic rings. The second kappa shape index (κ2) is 9.16. The molecule has 1 amide bonds. The monoisotopic (exact) mass is 388 g/mol. The van der Waals surface area contributed by atoms with Crippen LogP contribution in [0.1, 0.15) is 24.6 Å². The van der Waals surface area contributed by atoms with Crippen LogP contribution in [0.2, 0.25) is 0 Å². The molecule has 1 N–H and O–H groups in total. The number of hydrogen-bond donors (Lipinski definition) is 1. The molecular weight excluding hydrogens is 360 g/mol.